The molecule has 0 bridgehead atoms. The second kappa shape index (κ2) is 14.5. The van der Waals surface area contributed by atoms with Crippen LogP contribution in [0, 0.1) is 0 Å². The van der Waals surface area contributed by atoms with Gasteiger partial charge in [0.05, 0.1) is 37.3 Å². The number of carbonyl (C=O) groups is 1. The summed E-state index contributed by atoms with van der Waals surface area (Å²) < 4.78 is 39.6. The van der Waals surface area contributed by atoms with Crippen molar-refractivity contribution in [2.45, 2.75) is 95.3 Å². The van der Waals surface area contributed by atoms with Gasteiger partial charge in [-0.05, 0) is 82.5 Å². The van der Waals surface area contributed by atoms with E-state index in [9.17, 15) is 27.4 Å². The molecule has 0 aliphatic carbocycles. The predicted octanol–water partition coefficient (Wildman–Crippen LogP) is 2.94. The van der Waals surface area contributed by atoms with E-state index in [1.54, 1.807) is 0 Å². The summed E-state index contributed by atoms with van der Waals surface area (Å²) in [5.41, 5.74) is 1.42. The molecule has 9 nitrogen and oxygen atoms in total. The first-order valence-electron chi connectivity index (χ1n) is 13.1. The van der Waals surface area contributed by atoms with Gasteiger partial charge in [-0.3, -0.25) is 4.79 Å². The van der Waals surface area contributed by atoms with Gasteiger partial charge in [-0.2, -0.15) is 0 Å². The van der Waals surface area contributed by atoms with Crippen LogP contribution in [-0.2, 0) is 19.0 Å². The van der Waals surface area contributed by atoms with Gasteiger partial charge in [-0.1, -0.05) is 0 Å². The minimum absolute atomic E-state index is 0.0135. The van der Waals surface area contributed by atoms with Crippen LogP contribution in [0.25, 0.3) is 0 Å². The number of hydrogen-bond acceptors (Lipinski definition) is 7. The predicted molar refractivity (Wildman–Crippen MR) is 157 cm³/mol. The Bertz CT molecular complexity index is 736. The summed E-state index contributed by atoms with van der Waals surface area (Å²) in [6.07, 6.45) is 2.96. The second-order valence-corrected chi connectivity index (χ2v) is 32.8. The maximum Gasteiger partial charge on any atom is 0.220 e. The van der Waals surface area contributed by atoms with Crippen LogP contribution < -0.4 is 5.32 Å². The van der Waals surface area contributed by atoms with Gasteiger partial charge in [0.2, 0.25) is 5.91 Å². The van der Waals surface area contributed by atoms with Crippen LogP contribution in [0.1, 0.15) is 32.1 Å². The second-order valence-electron chi connectivity index (χ2n) is 13.3. The van der Waals surface area contributed by atoms with Crippen molar-refractivity contribution in [2.24, 2.45) is 0 Å². The number of carbonyl (C=O) groups excluding carboxylic acids is 1. The number of nitrogens with one attached hydrogen (secondary N) is 1. The summed E-state index contributed by atoms with van der Waals surface area (Å²) in [6, 6.07) is 0.828. The lowest BCUT2D eigenvalue weighted by atomic mass is 10.2. The molecule has 0 aliphatic heterocycles. The van der Waals surface area contributed by atoms with Crippen LogP contribution in [0.5, 0.6) is 0 Å². The normalized spacial score (nSPS) is 14.2. The van der Waals surface area contributed by atoms with E-state index in [1.807, 2.05) is 40.3 Å². The van der Waals surface area contributed by atoms with Gasteiger partial charge in [-0.15, -0.1) is 0 Å². The molecule has 0 saturated heterocycles. The van der Waals surface area contributed by atoms with E-state index in [2.05, 4.69) is 25.0 Å². The first-order chi connectivity index (χ1) is 15.9. The monoisotopic (exact) mass is 602 g/mol. The Labute approximate surface area is 224 Å². The third-order valence-corrected chi connectivity index (χ3v) is 24.1. The van der Waals surface area contributed by atoms with Crippen LogP contribution >= 0.6 is 0 Å². The minimum Gasteiger partial charge on any atom is -0.748 e. The van der Waals surface area contributed by atoms with Gasteiger partial charge in [0.25, 0.3) is 0 Å². The molecule has 0 aromatic rings. The fourth-order valence-corrected chi connectivity index (χ4v) is 29.4. The molecule has 0 heterocycles. The van der Waals surface area contributed by atoms with Crippen molar-refractivity contribution in [2.75, 3.05) is 39.5 Å². The number of rotatable bonds is 19. The molecule has 216 valence electrons. The van der Waals surface area contributed by atoms with Crippen molar-refractivity contribution >= 4 is 49.3 Å². The zero-order valence-corrected chi connectivity index (χ0v) is 29.1. The summed E-state index contributed by atoms with van der Waals surface area (Å²) in [4.78, 5) is 34.0. The Balaban J connectivity index is 4.73. The van der Waals surface area contributed by atoms with Gasteiger partial charge in [0.1, 0.15) is 0 Å². The van der Waals surface area contributed by atoms with Gasteiger partial charge in [0, 0.05) is 25.1 Å². The largest absolute Gasteiger partial charge is 0.748 e. The lowest BCUT2D eigenvalue weighted by Gasteiger charge is -2.42. The van der Waals surface area contributed by atoms with E-state index in [4.69, 9.17) is 4.12 Å². The van der Waals surface area contributed by atoms with Crippen LogP contribution in [0.4, 0.5) is 0 Å². The summed E-state index contributed by atoms with van der Waals surface area (Å²) in [5, 5.41) is 3.03. The summed E-state index contributed by atoms with van der Waals surface area (Å²) >= 11 is 0. The van der Waals surface area contributed by atoms with Crippen molar-refractivity contribution < 1.29 is 36.0 Å². The lowest BCUT2D eigenvalue weighted by Crippen LogP contribution is -2.56. The van der Waals surface area contributed by atoms with Crippen LogP contribution in [0.15, 0.2) is 0 Å². The van der Waals surface area contributed by atoms with Crippen LogP contribution in [0.3, 0.4) is 0 Å². The number of amides is 1. The van der Waals surface area contributed by atoms with Crippen LogP contribution in [0.2, 0.25) is 63.2 Å². The Morgan fingerprint density at radius 3 is 1.83 bits per heavy atom. The Morgan fingerprint density at radius 2 is 1.39 bits per heavy atom. The molecule has 0 aliphatic rings. The molecule has 1 amide bonds. The number of unbranched alkanes of at least 4 members (excludes halogenated alkanes) is 1. The molecular weight excluding hydrogens is 549 g/mol. The van der Waals surface area contributed by atoms with Crippen molar-refractivity contribution in [3.63, 3.8) is 0 Å². The first-order valence-corrected chi connectivity index (χ1v) is 26.9. The summed E-state index contributed by atoms with van der Waals surface area (Å²) in [5.74, 6) is -0.307. The number of quaternary nitrogens is 1. The SMILES string of the molecule is C[N+](C)(CCCCS(=O)(=O)[O-])CCCC(=O)NCCC[Si](C[Si](C)(C)O)(C[Si](C)(C)O)O[Si](C)(C)C. The molecule has 0 aromatic heterocycles. The average Bonchev–Trinajstić information content (AvgIpc) is 2.57. The maximum absolute atomic E-state index is 12.4. The molecule has 0 unspecified atom stereocenters. The fourth-order valence-electron chi connectivity index (χ4n) is 4.91. The zero-order valence-electron chi connectivity index (χ0n) is 24.3. The van der Waals surface area contributed by atoms with Gasteiger partial charge in [0.15, 0.2) is 33.3 Å². The van der Waals surface area contributed by atoms with Crippen molar-refractivity contribution in [3.8, 4) is 0 Å². The lowest BCUT2D eigenvalue weighted by molar-refractivity contribution is -0.890. The van der Waals surface area contributed by atoms with E-state index >= 15 is 0 Å². The van der Waals surface area contributed by atoms with Crippen molar-refractivity contribution in [3.05, 3.63) is 0 Å². The highest BCUT2D eigenvalue weighted by Gasteiger charge is 2.46. The van der Waals surface area contributed by atoms with E-state index in [0.717, 1.165) is 32.0 Å². The summed E-state index contributed by atoms with van der Waals surface area (Å²) in [6.45, 7) is 16.4. The molecule has 36 heavy (non-hydrogen) atoms. The van der Waals surface area contributed by atoms with Gasteiger partial charge >= 0.3 is 0 Å². The Hall–Kier alpha value is 0.0875. The smallest absolute Gasteiger partial charge is 0.220 e. The highest BCUT2D eigenvalue weighted by atomic mass is 32.2. The highest BCUT2D eigenvalue weighted by molar-refractivity contribution is 7.85. The molecule has 0 fully saturated rings. The number of hydrogen-bond donors (Lipinski definition) is 3. The molecule has 0 radical (unpaired) electrons. The topological polar surface area (TPSA) is 136 Å². The molecule has 0 aromatic carbocycles. The minimum atomic E-state index is -4.15. The quantitative estimate of drug-likeness (QED) is 0.0895. The van der Waals surface area contributed by atoms with Gasteiger partial charge in [-0.25, -0.2) is 8.42 Å². The third kappa shape index (κ3) is 21.1. The Kier molecular flexibility index (Phi) is 14.5. The van der Waals surface area contributed by atoms with E-state index in [1.165, 1.54) is 0 Å². The molecule has 0 atom stereocenters. The third-order valence-electron chi connectivity index (χ3n) is 5.74. The fraction of sp³-hybridized carbons (Fsp3) is 0.955. The van der Waals surface area contributed by atoms with E-state index in [-0.39, 0.29) is 11.7 Å². The molecule has 0 rings (SSSR count). The molecule has 14 heteroatoms. The van der Waals surface area contributed by atoms with Crippen LogP contribution in [-0.4, -0.2) is 106 Å². The maximum atomic E-state index is 12.4. The van der Waals surface area contributed by atoms with E-state index < -0.39 is 43.4 Å². The molecule has 0 saturated carbocycles. The standard InChI is InChI=1S/C22H54N2O7SSi4/c1-24(2,16-10-11-18-32(26,27)28)17-12-14-22(25)23-15-13-19-36(20-34(6,7)29,21-35(8,9)30)31-33(3,4)5/h29-30H,10-21H2,1-9H3,(H-,23,25,26,27,28). The van der Waals surface area contributed by atoms with Crippen molar-refractivity contribution in [1.82, 2.24) is 5.32 Å². The molecular formula is C22H54N2O7SSi4. The molecule has 0 spiro atoms. The number of nitrogens with zero attached hydrogens (tertiary/aromatic N) is 1. The highest BCUT2D eigenvalue weighted by Crippen LogP contribution is 2.34. The average molecular weight is 603 g/mol. The van der Waals surface area contributed by atoms with Gasteiger partial charge < -0.3 is 28.1 Å². The zero-order chi connectivity index (χ0) is 28.5. The van der Waals surface area contributed by atoms with Crippen molar-refractivity contribution in [1.29, 1.82) is 0 Å². The summed E-state index contributed by atoms with van der Waals surface area (Å²) in [7, 11) is -9.11. The first kappa shape index (κ1) is 36.1. The molecule has 3 N–H and O–H groups in total. The van der Waals surface area contributed by atoms with E-state index in [0.29, 0.717) is 41.6 Å². The Morgan fingerprint density at radius 1 is 0.889 bits per heavy atom.